The topological polar surface area (TPSA) is 12.4 Å². The van der Waals surface area contributed by atoms with Gasteiger partial charge in [0, 0.05) is 6.72 Å². The molecule has 1 nitrogen and oxygen atoms in total. The molecule has 0 unspecified atom stereocenters. The van der Waals surface area contributed by atoms with E-state index in [-0.39, 0.29) is 0 Å². The van der Waals surface area contributed by atoms with Gasteiger partial charge in [-0.05, 0) is 0 Å². The molecule has 0 bridgehead atoms. The van der Waals surface area contributed by atoms with Gasteiger partial charge in [0.2, 0.25) is 5.82 Å². The molecule has 0 aliphatic rings. The van der Waals surface area contributed by atoms with Crippen LogP contribution in [0.25, 0.3) is 0 Å². The van der Waals surface area contributed by atoms with Crippen LogP contribution in [0, 0.1) is 29.1 Å². The van der Waals surface area contributed by atoms with Crippen LogP contribution >= 0.6 is 0 Å². The molecule has 0 spiro atoms. The van der Waals surface area contributed by atoms with Crippen molar-refractivity contribution < 1.29 is 22.0 Å². The average Bonchev–Trinajstić information content (AvgIpc) is 2.13. The summed E-state index contributed by atoms with van der Waals surface area (Å²) in [4.78, 5) is 2.44. The van der Waals surface area contributed by atoms with E-state index in [1.807, 2.05) is 0 Å². The third kappa shape index (κ3) is 1.28. The van der Waals surface area contributed by atoms with Crippen LogP contribution in [-0.2, 0) is 0 Å². The Bertz CT molecular complexity index is 345. The summed E-state index contributed by atoms with van der Waals surface area (Å²) in [6, 6.07) is 0. The lowest BCUT2D eigenvalue weighted by Gasteiger charge is -2.02. The Morgan fingerprint density at radius 3 is 1.31 bits per heavy atom. The smallest absolute Gasteiger partial charge is 0.200 e. The molecule has 0 aliphatic carbocycles. The van der Waals surface area contributed by atoms with Gasteiger partial charge in [0.1, 0.15) is 5.69 Å². The highest BCUT2D eigenvalue weighted by atomic mass is 19.2. The lowest BCUT2D eigenvalue weighted by molar-refractivity contribution is 0.381. The summed E-state index contributed by atoms with van der Waals surface area (Å²) in [5.41, 5.74) is -1.38. The SMILES string of the molecule is [CH]=Nc1c(F)c(F)c(F)c(F)c1F. The number of rotatable bonds is 1. The molecule has 0 amide bonds. The summed E-state index contributed by atoms with van der Waals surface area (Å²) >= 11 is 0. The predicted molar refractivity (Wildman–Crippen MR) is 34.4 cm³/mol. The van der Waals surface area contributed by atoms with Crippen LogP contribution in [0.2, 0.25) is 0 Å². The van der Waals surface area contributed by atoms with Gasteiger partial charge in [0.15, 0.2) is 23.3 Å². The molecule has 0 atom stereocenters. The van der Waals surface area contributed by atoms with Crippen molar-refractivity contribution in [2.75, 3.05) is 0 Å². The molecule has 0 N–H and O–H groups in total. The van der Waals surface area contributed by atoms with Crippen LogP contribution in [0.4, 0.5) is 27.6 Å². The first kappa shape index (κ1) is 9.63. The van der Waals surface area contributed by atoms with Gasteiger partial charge in [-0.1, -0.05) is 0 Å². The molecule has 1 rings (SSSR count). The average molecular weight is 194 g/mol. The molecular formula is C7HF5N. The van der Waals surface area contributed by atoms with E-state index in [2.05, 4.69) is 11.7 Å². The molecule has 0 saturated carbocycles. The zero-order chi connectivity index (χ0) is 10.2. The quantitative estimate of drug-likeness (QED) is 0.282. The Labute approximate surface area is 69.5 Å². The highest BCUT2D eigenvalue weighted by Crippen LogP contribution is 2.28. The minimum Gasteiger partial charge on any atom is -0.249 e. The number of halogens is 5. The summed E-state index contributed by atoms with van der Waals surface area (Å²) in [6.45, 7) is 4.43. The monoisotopic (exact) mass is 194 g/mol. The lowest BCUT2D eigenvalue weighted by Crippen LogP contribution is -2.00. The second-order valence-corrected chi connectivity index (χ2v) is 2.05. The molecule has 0 aliphatic heterocycles. The first-order valence-corrected chi connectivity index (χ1v) is 2.93. The van der Waals surface area contributed by atoms with E-state index in [1.54, 1.807) is 0 Å². The zero-order valence-corrected chi connectivity index (χ0v) is 5.91. The van der Waals surface area contributed by atoms with Crippen LogP contribution in [0.3, 0.4) is 0 Å². The molecule has 1 aromatic rings. The minimum atomic E-state index is -2.23. The fourth-order valence-corrected chi connectivity index (χ4v) is 0.707. The van der Waals surface area contributed by atoms with Crippen molar-refractivity contribution in [3.63, 3.8) is 0 Å². The highest BCUT2D eigenvalue weighted by Gasteiger charge is 2.24. The summed E-state index contributed by atoms with van der Waals surface area (Å²) in [7, 11) is 0. The van der Waals surface area contributed by atoms with Crippen LogP contribution < -0.4 is 0 Å². The van der Waals surface area contributed by atoms with Gasteiger partial charge < -0.3 is 0 Å². The zero-order valence-electron chi connectivity index (χ0n) is 5.91. The third-order valence-electron chi connectivity index (χ3n) is 1.32. The molecule has 0 heterocycles. The van der Waals surface area contributed by atoms with Gasteiger partial charge in [-0.25, -0.2) is 26.9 Å². The van der Waals surface area contributed by atoms with E-state index in [1.165, 1.54) is 0 Å². The van der Waals surface area contributed by atoms with Crippen molar-refractivity contribution in [3.8, 4) is 0 Å². The van der Waals surface area contributed by atoms with E-state index in [0.29, 0.717) is 0 Å². The maximum Gasteiger partial charge on any atom is 0.200 e. The van der Waals surface area contributed by atoms with Gasteiger partial charge in [-0.2, -0.15) is 0 Å². The Balaban J connectivity index is 3.66. The van der Waals surface area contributed by atoms with E-state index < -0.39 is 34.8 Å². The number of nitrogens with zero attached hydrogens (tertiary/aromatic N) is 1. The Morgan fingerprint density at radius 1 is 0.692 bits per heavy atom. The van der Waals surface area contributed by atoms with Crippen molar-refractivity contribution in [1.29, 1.82) is 0 Å². The number of benzene rings is 1. The molecule has 1 aromatic carbocycles. The molecule has 6 heteroatoms. The van der Waals surface area contributed by atoms with Gasteiger partial charge in [-0.3, -0.25) is 0 Å². The number of aliphatic imine (C=N–C) groups is 1. The van der Waals surface area contributed by atoms with E-state index in [4.69, 9.17) is 0 Å². The van der Waals surface area contributed by atoms with Gasteiger partial charge in [0.25, 0.3) is 0 Å². The Hall–Kier alpha value is -1.46. The summed E-state index contributed by atoms with van der Waals surface area (Å²) in [5, 5.41) is 0. The largest absolute Gasteiger partial charge is 0.249 e. The maximum absolute atomic E-state index is 12.5. The first-order valence-electron chi connectivity index (χ1n) is 2.93. The van der Waals surface area contributed by atoms with Crippen molar-refractivity contribution in [2.45, 2.75) is 0 Å². The van der Waals surface area contributed by atoms with Crippen LogP contribution in [-0.4, -0.2) is 6.72 Å². The third-order valence-corrected chi connectivity index (χ3v) is 1.32. The highest BCUT2D eigenvalue weighted by molar-refractivity contribution is 5.48. The normalized spacial score (nSPS) is 10.2. The molecule has 13 heavy (non-hydrogen) atoms. The van der Waals surface area contributed by atoms with Gasteiger partial charge >= 0.3 is 0 Å². The molecule has 0 fully saturated rings. The maximum atomic E-state index is 12.5. The predicted octanol–water partition coefficient (Wildman–Crippen LogP) is 2.59. The summed E-state index contributed by atoms with van der Waals surface area (Å²) in [6.07, 6.45) is 0. The minimum absolute atomic E-state index is 1.38. The lowest BCUT2D eigenvalue weighted by atomic mass is 10.2. The fraction of sp³-hybridized carbons (Fsp3) is 0. The molecule has 0 saturated heterocycles. The molecule has 0 aromatic heterocycles. The van der Waals surface area contributed by atoms with E-state index in [9.17, 15) is 22.0 Å². The Kier molecular flexibility index (Phi) is 2.31. The number of hydrogen-bond acceptors (Lipinski definition) is 1. The van der Waals surface area contributed by atoms with Crippen molar-refractivity contribution in [1.82, 2.24) is 0 Å². The van der Waals surface area contributed by atoms with Crippen LogP contribution in [0.1, 0.15) is 0 Å². The first-order chi connectivity index (χ1) is 6.00. The van der Waals surface area contributed by atoms with E-state index in [0.717, 1.165) is 0 Å². The van der Waals surface area contributed by atoms with Crippen molar-refractivity contribution >= 4 is 12.4 Å². The van der Waals surface area contributed by atoms with Crippen molar-refractivity contribution in [3.05, 3.63) is 29.1 Å². The second-order valence-electron chi connectivity index (χ2n) is 2.05. The van der Waals surface area contributed by atoms with Crippen LogP contribution in [0.15, 0.2) is 4.99 Å². The molecular weight excluding hydrogens is 193 g/mol. The fourth-order valence-electron chi connectivity index (χ4n) is 0.707. The second kappa shape index (κ2) is 3.12. The van der Waals surface area contributed by atoms with E-state index >= 15 is 0 Å². The van der Waals surface area contributed by atoms with Crippen LogP contribution in [0.5, 0.6) is 0 Å². The molecule has 1 radical (unpaired) electrons. The van der Waals surface area contributed by atoms with Gasteiger partial charge in [-0.15, -0.1) is 0 Å². The van der Waals surface area contributed by atoms with Gasteiger partial charge in [0.05, 0.1) is 0 Å². The summed E-state index contributed by atoms with van der Waals surface area (Å²) < 4.78 is 62.0. The number of hydrogen-bond donors (Lipinski definition) is 0. The Morgan fingerprint density at radius 2 is 1.00 bits per heavy atom. The molecule has 69 valence electrons. The standard InChI is InChI=1S/C7HF5N/c1-13-7-5(11)3(9)2(8)4(10)6(7)12/h1H. The summed E-state index contributed by atoms with van der Waals surface area (Å²) in [5.74, 6) is -10.5. The van der Waals surface area contributed by atoms with Crippen molar-refractivity contribution in [2.24, 2.45) is 4.99 Å².